The summed E-state index contributed by atoms with van der Waals surface area (Å²) in [6.45, 7) is -0.451. The maximum atomic E-state index is 13.2. The van der Waals surface area contributed by atoms with Crippen molar-refractivity contribution in [3.63, 3.8) is 0 Å². The van der Waals surface area contributed by atoms with Crippen LogP contribution in [0.1, 0.15) is 12.0 Å². The van der Waals surface area contributed by atoms with Crippen LogP contribution in [0.4, 0.5) is 13.2 Å². The van der Waals surface area contributed by atoms with Gasteiger partial charge in [-0.25, -0.2) is 18.2 Å². The molecule has 2 N–H and O–H groups in total. The lowest BCUT2D eigenvalue weighted by molar-refractivity contribution is -0.123. The van der Waals surface area contributed by atoms with Crippen LogP contribution in [0.3, 0.4) is 0 Å². The summed E-state index contributed by atoms with van der Waals surface area (Å²) in [5, 5.41) is 5.08. The molecule has 8 heteroatoms. The molecule has 1 atom stereocenters. The number of aromatic nitrogens is 1. The fourth-order valence-corrected chi connectivity index (χ4v) is 2.50. The first-order chi connectivity index (χ1) is 11.9. The third-order valence-electron chi connectivity index (χ3n) is 3.74. The maximum absolute atomic E-state index is 13.2. The molecule has 132 valence electrons. The minimum absolute atomic E-state index is 0.0566. The molecule has 1 aromatic carbocycles. The Hall–Kier alpha value is -2.61. The Morgan fingerprint density at radius 3 is 2.92 bits per heavy atom. The van der Waals surface area contributed by atoms with E-state index >= 15 is 0 Å². The van der Waals surface area contributed by atoms with Crippen molar-refractivity contribution in [2.45, 2.75) is 24.9 Å². The number of ether oxygens (including phenoxy) is 1. The number of hydrogen-bond donors (Lipinski definition) is 2. The van der Waals surface area contributed by atoms with Crippen LogP contribution < -0.4 is 15.4 Å². The van der Waals surface area contributed by atoms with E-state index in [4.69, 9.17) is 4.74 Å². The average molecular weight is 351 g/mol. The normalized spacial score (nSPS) is 18.8. The number of nitrogens with zero attached hydrogens (tertiary/aromatic N) is 1. The van der Waals surface area contributed by atoms with E-state index in [1.54, 1.807) is 18.2 Å². The minimum Gasteiger partial charge on any atom is -0.439 e. The number of alkyl halides is 2. The minimum atomic E-state index is -2.87. The van der Waals surface area contributed by atoms with Crippen molar-refractivity contribution in [1.29, 1.82) is 0 Å². The van der Waals surface area contributed by atoms with Crippen LogP contribution >= 0.6 is 0 Å². The van der Waals surface area contributed by atoms with E-state index in [0.29, 0.717) is 5.56 Å². The van der Waals surface area contributed by atoms with Crippen molar-refractivity contribution in [2.75, 3.05) is 6.54 Å². The Balaban J connectivity index is 1.64. The van der Waals surface area contributed by atoms with Crippen LogP contribution in [0, 0.1) is 5.82 Å². The lowest BCUT2D eigenvalue weighted by atomic mass is 10.2. The van der Waals surface area contributed by atoms with Crippen LogP contribution in [0.5, 0.6) is 11.6 Å². The molecule has 5 nitrogen and oxygen atoms in total. The molecule has 25 heavy (non-hydrogen) atoms. The number of rotatable bonds is 5. The van der Waals surface area contributed by atoms with Crippen LogP contribution in [-0.2, 0) is 11.3 Å². The number of benzene rings is 1. The van der Waals surface area contributed by atoms with Gasteiger partial charge in [0.05, 0.1) is 12.6 Å². The summed E-state index contributed by atoms with van der Waals surface area (Å²) < 4.78 is 45.1. The van der Waals surface area contributed by atoms with Crippen molar-refractivity contribution < 1.29 is 22.7 Å². The first-order valence-corrected chi connectivity index (χ1v) is 7.69. The highest BCUT2D eigenvalue weighted by Crippen LogP contribution is 2.26. The van der Waals surface area contributed by atoms with Gasteiger partial charge in [0.2, 0.25) is 11.8 Å². The second-order valence-electron chi connectivity index (χ2n) is 5.74. The molecule has 1 amide bonds. The van der Waals surface area contributed by atoms with Gasteiger partial charge in [-0.1, -0.05) is 12.1 Å². The van der Waals surface area contributed by atoms with Crippen molar-refractivity contribution in [3.8, 4) is 11.6 Å². The van der Waals surface area contributed by atoms with Crippen LogP contribution in [0.15, 0.2) is 42.6 Å². The number of carbonyl (C=O) groups is 1. The SMILES string of the molecule is O=C(NCc1cccnc1Oc1cccc(F)c1)C1CC(F)(F)CN1. The van der Waals surface area contributed by atoms with Gasteiger partial charge in [0.15, 0.2) is 0 Å². The second-order valence-corrected chi connectivity index (χ2v) is 5.74. The standard InChI is InChI=1S/C17H16F3N3O2/c18-12-4-1-5-13(7-12)25-16-11(3-2-6-21-16)9-22-15(24)14-8-17(19,20)10-23-14/h1-7,14,23H,8-10H2,(H,22,24). The van der Waals surface area contributed by atoms with E-state index in [1.807, 2.05) is 0 Å². The Morgan fingerprint density at radius 2 is 2.20 bits per heavy atom. The lowest BCUT2D eigenvalue weighted by Gasteiger charge is -2.13. The highest BCUT2D eigenvalue weighted by Gasteiger charge is 2.42. The molecule has 0 spiro atoms. The van der Waals surface area contributed by atoms with Gasteiger partial charge in [-0.05, 0) is 18.2 Å². The smallest absolute Gasteiger partial charge is 0.262 e. The van der Waals surface area contributed by atoms with E-state index in [-0.39, 0.29) is 18.2 Å². The second kappa shape index (κ2) is 7.10. The molecule has 1 aliphatic rings. The van der Waals surface area contributed by atoms with Gasteiger partial charge in [0.25, 0.3) is 5.92 Å². The zero-order valence-electron chi connectivity index (χ0n) is 13.1. The summed E-state index contributed by atoms with van der Waals surface area (Å²) >= 11 is 0. The lowest BCUT2D eigenvalue weighted by Crippen LogP contribution is -2.40. The first kappa shape index (κ1) is 17.2. The molecular weight excluding hydrogens is 335 g/mol. The van der Waals surface area contributed by atoms with E-state index in [1.165, 1.54) is 24.4 Å². The molecule has 0 bridgehead atoms. The number of halogens is 3. The third-order valence-corrected chi connectivity index (χ3v) is 3.74. The fourth-order valence-electron chi connectivity index (χ4n) is 2.50. The van der Waals surface area contributed by atoms with Gasteiger partial charge in [0, 0.05) is 30.8 Å². The predicted molar refractivity (Wildman–Crippen MR) is 83.9 cm³/mol. The molecule has 1 fully saturated rings. The van der Waals surface area contributed by atoms with Gasteiger partial charge < -0.3 is 10.1 Å². The zero-order valence-corrected chi connectivity index (χ0v) is 13.1. The molecular formula is C17H16F3N3O2. The van der Waals surface area contributed by atoms with Crippen molar-refractivity contribution in [3.05, 3.63) is 54.0 Å². The molecule has 1 aromatic heterocycles. The quantitative estimate of drug-likeness (QED) is 0.869. The molecule has 0 aliphatic carbocycles. The summed E-state index contributed by atoms with van der Waals surface area (Å²) in [6.07, 6.45) is 0.970. The average Bonchev–Trinajstić information content (AvgIpc) is 2.94. The van der Waals surface area contributed by atoms with E-state index in [0.717, 1.165) is 0 Å². The van der Waals surface area contributed by atoms with E-state index in [9.17, 15) is 18.0 Å². The summed E-state index contributed by atoms with van der Waals surface area (Å²) in [6, 6.07) is 7.98. The van der Waals surface area contributed by atoms with Gasteiger partial charge in [-0.2, -0.15) is 0 Å². The Kier molecular flexibility index (Phi) is 4.89. The topological polar surface area (TPSA) is 63.2 Å². The summed E-state index contributed by atoms with van der Waals surface area (Å²) in [4.78, 5) is 16.1. The molecule has 0 radical (unpaired) electrons. The highest BCUT2D eigenvalue weighted by atomic mass is 19.3. The van der Waals surface area contributed by atoms with Crippen molar-refractivity contribution in [1.82, 2.24) is 15.6 Å². The Morgan fingerprint density at radius 1 is 1.36 bits per heavy atom. The van der Waals surface area contributed by atoms with Gasteiger partial charge >= 0.3 is 0 Å². The number of hydrogen-bond acceptors (Lipinski definition) is 4. The Labute approximate surface area is 142 Å². The van der Waals surface area contributed by atoms with Gasteiger partial charge in [-0.15, -0.1) is 0 Å². The molecule has 1 aliphatic heterocycles. The van der Waals surface area contributed by atoms with Gasteiger partial charge in [0.1, 0.15) is 11.6 Å². The summed E-state index contributed by atoms with van der Waals surface area (Å²) in [5.41, 5.74) is 0.546. The maximum Gasteiger partial charge on any atom is 0.262 e. The van der Waals surface area contributed by atoms with E-state index < -0.39 is 36.7 Å². The first-order valence-electron chi connectivity index (χ1n) is 7.69. The largest absolute Gasteiger partial charge is 0.439 e. The predicted octanol–water partition coefficient (Wildman–Crippen LogP) is 2.63. The molecule has 1 saturated heterocycles. The molecule has 3 rings (SSSR count). The zero-order chi connectivity index (χ0) is 17.9. The van der Waals surface area contributed by atoms with E-state index in [2.05, 4.69) is 15.6 Å². The number of nitrogens with one attached hydrogen (secondary N) is 2. The van der Waals surface area contributed by atoms with Crippen LogP contribution in [-0.4, -0.2) is 29.4 Å². The summed E-state index contributed by atoms with van der Waals surface area (Å²) in [7, 11) is 0. The fraction of sp³-hybridized carbons (Fsp3) is 0.294. The number of pyridine rings is 1. The monoisotopic (exact) mass is 351 g/mol. The van der Waals surface area contributed by atoms with Crippen LogP contribution in [0.2, 0.25) is 0 Å². The summed E-state index contributed by atoms with van der Waals surface area (Å²) in [5.74, 6) is -3.36. The molecule has 2 heterocycles. The van der Waals surface area contributed by atoms with Crippen molar-refractivity contribution >= 4 is 5.91 Å². The molecule has 2 aromatic rings. The third kappa shape index (κ3) is 4.48. The Bertz CT molecular complexity index is 770. The molecule has 0 saturated carbocycles. The van der Waals surface area contributed by atoms with Crippen LogP contribution in [0.25, 0.3) is 0 Å². The highest BCUT2D eigenvalue weighted by molar-refractivity contribution is 5.82. The number of amides is 1. The van der Waals surface area contributed by atoms with Gasteiger partial charge in [-0.3, -0.25) is 10.1 Å². The van der Waals surface area contributed by atoms with Crippen molar-refractivity contribution in [2.24, 2.45) is 0 Å². The molecule has 1 unspecified atom stereocenters. The number of carbonyl (C=O) groups excluding carboxylic acids is 1.